The van der Waals surface area contributed by atoms with Gasteiger partial charge >= 0.3 is 0 Å². The molecule has 0 aliphatic carbocycles. The number of hydrogen-bond acceptors (Lipinski definition) is 5. The number of hydrogen-bond donors (Lipinski definition) is 1. The second-order valence-corrected chi connectivity index (χ2v) is 5.27. The molecule has 0 amide bonds. The van der Waals surface area contributed by atoms with E-state index in [0.717, 1.165) is 16.7 Å². The predicted molar refractivity (Wildman–Crippen MR) is 87.4 cm³/mol. The van der Waals surface area contributed by atoms with Gasteiger partial charge in [-0.15, -0.1) is 0 Å². The van der Waals surface area contributed by atoms with Crippen molar-refractivity contribution in [2.75, 3.05) is 5.32 Å². The normalized spacial score (nSPS) is 12.4. The number of benzene rings is 1. The second kappa shape index (κ2) is 5.57. The van der Waals surface area contributed by atoms with Gasteiger partial charge in [0.25, 0.3) is 0 Å². The summed E-state index contributed by atoms with van der Waals surface area (Å²) in [6.45, 7) is 2.03. The van der Waals surface area contributed by atoms with Crippen molar-refractivity contribution >= 4 is 16.8 Å². The van der Waals surface area contributed by atoms with Crippen LogP contribution in [-0.2, 0) is 0 Å². The van der Waals surface area contributed by atoms with Crippen molar-refractivity contribution in [3.05, 3.63) is 66.9 Å². The Bertz CT molecular complexity index is 896. The first kappa shape index (κ1) is 13.5. The summed E-state index contributed by atoms with van der Waals surface area (Å²) >= 11 is 0. The van der Waals surface area contributed by atoms with Crippen molar-refractivity contribution in [1.29, 1.82) is 0 Å². The lowest BCUT2D eigenvalue weighted by atomic mass is 10.2. The molecule has 6 nitrogen and oxygen atoms in total. The van der Waals surface area contributed by atoms with Crippen LogP contribution in [0.15, 0.2) is 65.6 Å². The van der Waals surface area contributed by atoms with Gasteiger partial charge in [-0.05, 0) is 25.1 Å². The summed E-state index contributed by atoms with van der Waals surface area (Å²) in [7, 11) is 0. The number of furan rings is 1. The SMILES string of the molecule is C[C@H](Nc1cncc(-n2cccn2)n1)c1cc2ccccc2o1. The average Bonchev–Trinajstić information content (AvgIpc) is 3.24. The number of anilines is 1. The Morgan fingerprint density at radius 2 is 2.09 bits per heavy atom. The molecule has 0 aliphatic heterocycles. The Labute approximate surface area is 132 Å². The van der Waals surface area contributed by atoms with E-state index in [9.17, 15) is 0 Å². The summed E-state index contributed by atoms with van der Waals surface area (Å²) in [5, 5.41) is 8.56. The van der Waals surface area contributed by atoms with Crippen molar-refractivity contribution in [3.63, 3.8) is 0 Å². The Morgan fingerprint density at radius 1 is 1.17 bits per heavy atom. The molecule has 3 aromatic heterocycles. The molecule has 1 N–H and O–H groups in total. The van der Waals surface area contributed by atoms with E-state index in [1.165, 1.54) is 0 Å². The van der Waals surface area contributed by atoms with Crippen LogP contribution in [0.1, 0.15) is 18.7 Å². The van der Waals surface area contributed by atoms with E-state index in [-0.39, 0.29) is 6.04 Å². The fourth-order valence-electron chi connectivity index (χ4n) is 2.45. The van der Waals surface area contributed by atoms with Gasteiger partial charge in [0.05, 0.1) is 18.4 Å². The average molecular weight is 305 g/mol. The predicted octanol–water partition coefficient (Wildman–Crippen LogP) is 3.58. The molecule has 0 bridgehead atoms. The summed E-state index contributed by atoms with van der Waals surface area (Å²) in [4.78, 5) is 8.73. The van der Waals surface area contributed by atoms with Crippen molar-refractivity contribution in [1.82, 2.24) is 19.7 Å². The van der Waals surface area contributed by atoms with Crippen LogP contribution in [0.25, 0.3) is 16.8 Å². The third-order valence-corrected chi connectivity index (χ3v) is 3.60. The number of nitrogens with one attached hydrogen (secondary N) is 1. The fraction of sp³-hybridized carbons (Fsp3) is 0.118. The first-order chi connectivity index (χ1) is 11.3. The standard InChI is InChI=1S/C17H15N5O/c1-12(15-9-13-5-2-3-6-14(13)23-15)20-16-10-18-11-17(21-16)22-8-4-7-19-22/h2-12H,1H3,(H,20,21)/t12-/m0/s1. The van der Waals surface area contributed by atoms with Crippen LogP contribution >= 0.6 is 0 Å². The highest BCUT2D eigenvalue weighted by molar-refractivity contribution is 5.77. The minimum absolute atomic E-state index is 0.0235. The molecular formula is C17H15N5O. The molecule has 0 unspecified atom stereocenters. The topological polar surface area (TPSA) is 68.8 Å². The quantitative estimate of drug-likeness (QED) is 0.624. The molecule has 4 rings (SSSR count). The molecule has 1 atom stereocenters. The first-order valence-electron chi connectivity index (χ1n) is 7.37. The van der Waals surface area contributed by atoms with Crippen LogP contribution in [0.4, 0.5) is 5.82 Å². The van der Waals surface area contributed by atoms with Gasteiger partial charge in [0, 0.05) is 17.8 Å². The number of rotatable bonds is 4. The molecule has 0 saturated heterocycles. The van der Waals surface area contributed by atoms with E-state index in [4.69, 9.17) is 4.42 Å². The van der Waals surface area contributed by atoms with Crippen molar-refractivity contribution in [2.45, 2.75) is 13.0 Å². The van der Waals surface area contributed by atoms with Crippen LogP contribution in [0.3, 0.4) is 0 Å². The molecule has 4 aromatic rings. The van der Waals surface area contributed by atoms with E-state index in [1.54, 1.807) is 23.3 Å². The van der Waals surface area contributed by atoms with Gasteiger partial charge in [0.1, 0.15) is 17.2 Å². The van der Waals surface area contributed by atoms with Crippen LogP contribution in [0, 0.1) is 0 Å². The molecule has 0 radical (unpaired) electrons. The fourth-order valence-corrected chi connectivity index (χ4v) is 2.45. The van der Waals surface area contributed by atoms with Crippen LogP contribution in [0.2, 0.25) is 0 Å². The highest BCUT2D eigenvalue weighted by Crippen LogP contribution is 2.25. The lowest BCUT2D eigenvalue weighted by molar-refractivity contribution is 0.525. The molecule has 0 saturated carbocycles. The number of aromatic nitrogens is 4. The maximum Gasteiger partial charge on any atom is 0.173 e. The highest BCUT2D eigenvalue weighted by atomic mass is 16.3. The minimum Gasteiger partial charge on any atom is -0.459 e. The zero-order chi connectivity index (χ0) is 15.6. The number of nitrogens with zero attached hydrogens (tertiary/aromatic N) is 4. The number of fused-ring (bicyclic) bond motifs is 1. The molecular weight excluding hydrogens is 290 g/mol. The Balaban J connectivity index is 1.58. The largest absolute Gasteiger partial charge is 0.459 e. The highest BCUT2D eigenvalue weighted by Gasteiger charge is 2.12. The van der Waals surface area contributed by atoms with Gasteiger partial charge in [0.15, 0.2) is 5.82 Å². The van der Waals surface area contributed by atoms with Crippen LogP contribution in [-0.4, -0.2) is 19.7 Å². The first-order valence-corrected chi connectivity index (χ1v) is 7.37. The Hall–Kier alpha value is -3.15. The summed E-state index contributed by atoms with van der Waals surface area (Å²) < 4.78 is 7.55. The summed E-state index contributed by atoms with van der Waals surface area (Å²) in [6, 6.07) is 11.8. The van der Waals surface area contributed by atoms with Gasteiger partial charge in [-0.25, -0.2) is 9.67 Å². The minimum atomic E-state index is -0.0235. The number of para-hydroxylation sites is 1. The van der Waals surface area contributed by atoms with E-state index < -0.39 is 0 Å². The van der Waals surface area contributed by atoms with E-state index in [2.05, 4.69) is 20.4 Å². The van der Waals surface area contributed by atoms with Gasteiger partial charge in [-0.1, -0.05) is 18.2 Å². The molecule has 6 heteroatoms. The molecule has 0 spiro atoms. The van der Waals surface area contributed by atoms with E-state index >= 15 is 0 Å². The van der Waals surface area contributed by atoms with Gasteiger partial charge in [0.2, 0.25) is 0 Å². The molecule has 0 aliphatic rings. The third-order valence-electron chi connectivity index (χ3n) is 3.60. The summed E-state index contributed by atoms with van der Waals surface area (Å²) in [5.41, 5.74) is 0.882. The zero-order valence-corrected chi connectivity index (χ0v) is 12.5. The zero-order valence-electron chi connectivity index (χ0n) is 12.5. The smallest absolute Gasteiger partial charge is 0.173 e. The maximum atomic E-state index is 5.88. The molecule has 1 aromatic carbocycles. The van der Waals surface area contributed by atoms with Crippen LogP contribution < -0.4 is 5.32 Å². The summed E-state index contributed by atoms with van der Waals surface area (Å²) in [5.74, 6) is 2.19. The van der Waals surface area contributed by atoms with Gasteiger partial charge in [-0.2, -0.15) is 5.10 Å². The summed E-state index contributed by atoms with van der Waals surface area (Å²) in [6.07, 6.45) is 6.89. The van der Waals surface area contributed by atoms with E-state index in [0.29, 0.717) is 11.6 Å². The lowest BCUT2D eigenvalue weighted by Crippen LogP contribution is -2.09. The van der Waals surface area contributed by atoms with E-state index in [1.807, 2.05) is 49.5 Å². The lowest BCUT2D eigenvalue weighted by Gasteiger charge is -2.12. The second-order valence-electron chi connectivity index (χ2n) is 5.27. The monoisotopic (exact) mass is 305 g/mol. The maximum absolute atomic E-state index is 5.88. The van der Waals surface area contributed by atoms with Crippen LogP contribution in [0.5, 0.6) is 0 Å². The molecule has 3 heterocycles. The third kappa shape index (κ3) is 2.66. The van der Waals surface area contributed by atoms with Crippen molar-refractivity contribution in [2.24, 2.45) is 0 Å². The molecule has 23 heavy (non-hydrogen) atoms. The van der Waals surface area contributed by atoms with Gasteiger partial charge in [-0.3, -0.25) is 4.98 Å². The van der Waals surface area contributed by atoms with Gasteiger partial charge < -0.3 is 9.73 Å². The van der Waals surface area contributed by atoms with Crippen molar-refractivity contribution in [3.8, 4) is 5.82 Å². The molecule has 0 fully saturated rings. The molecule has 114 valence electrons. The Kier molecular flexibility index (Phi) is 3.27. The Morgan fingerprint density at radius 3 is 2.91 bits per heavy atom. The van der Waals surface area contributed by atoms with Crippen molar-refractivity contribution < 1.29 is 4.42 Å².